The molecule has 0 spiro atoms. The molecule has 1 fully saturated rings. The third-order valence-electron chi connectivity index (χ3n) is 7.09. The lowest BCUT2D eigenvalue weighted by Gasteiger charge is -2.49. The summed E-state index contributed by atoms with van der Waals surface area (Å²) in [4.78, 5) is 19.1. The molecule has 3 aliphatic rings. The van der Waals surface area contributed by atoms with Crippen LogP contribution in [-0.2, 0) is 20.7 Å². The Kier molecular flexibility index (Phi) is 6.12. The van der Waals surface area contributed by atoms with E-state index in [9.17, 15) is 4.79 Å². The molecule has 2 unspecified atom stereocenters. The van der Waals surface area contributed by atoms with Crippen molar-refractivity contribution in [1.29, 1.82) is 0 Å². The van der Waals surface area contributed by atoms with Gasteiger partial charge in [-0.2, -0.15) is 0 Å². The standard InChI is InChI=1S/C24H30N2O3.ClH.2H2/c1-3-4-11-28-24(27)20-14-29-15(2)19-13-26-10-9-17-16-7-5-6-8-21(16)25-23(17)22(26)12-18(19)20;;;/h5-8,14-15,18-19,22,25H,3-4,9-13H2,1-2H3;3*1H/t15-,18?,19+,22?;;;/m0.../s1. The summed E-state index contributed by atoms with van der Waals surface area (Å²) in [5.74, 6) is 0.323. The van der Waals surface area contributed by atoms with Crippen molar-refractivity contribution in [2.45, 2.75) is 51.7 Å². The number of H-pyrrole nitrogens is 1. The monoisotopic (exact) mass is 434 g/mol. The van der Waals surface area contributed by atoms with Crippen LogP contribution in [0.15, 0.2) is 36.1 Å². The molecule has 6 heteroatoms. The summed E-state index contributed by atoms with van der Waals surface area (Å²) in [6, 6.07) is 8.92. The van der Waals surface area contributed by atoms with E-state index >= 15 is 0 Å². The van der Waals surface area contributed by atoms with E-state index in [2.05, 4.69) is 48.0 Å². The average Bonchev–Trinajstić information content (AvgIpc) is 3.12. The summed E-state index contributed by atoms with van der Waals surface area (Å²) >= 11 is 0. The number of ether oxygens (including phenoxy) is 2. The second kappa shape index (κ2) is 8.64. The van der Waals surface area contributed by atoms with Gasteiger partial charge in [-0.05, 0) is 37.8 Å². The molecule has 0 aliphatic carbocycles. The molecular formula is C24H35ClN2O3. The molecule has 1 N–H and O–H groups in total. The smallest absolute Gasteiger partial charge is 0.337 e. The van der Waals surface area contributed by atoms with Gasteiger partial charge in [0.2, 0.25) is 0 Å². The Morgan fingerprint density at radius 2 is 2.20 bits per heavy atom. The van der Waals surface area contributed by atoms with Gasteiger partial charge in [0.25, 0.3) is 0 Å². The summed E-state index contributed by atoms with van der Waals surface area (Å²) in [5.41, 5.74) is 4.74. The molecule has 0 amide bonds. The van der Waals surface area contributed by atoms with Gasteiger partial charge >= 0.3 is 5.97 Å². The van der Waals surface area contributed by atoms with E-state index in [-0.39, 0.29) is 33.3 Å². The summed E-state index contributed by atoms with van der Waals surface area (Å²) in [5, 5.41) is 1.35. The minimum atomic E-state index is -0.193. The molecule has 5 rings (SSSR count). The average molecular weight is 435 g/mol. The van der Waals surface area contributed by atoms with E-state index in [1.807, 2.05) is 0 Å². The van der Waals surface area contributed by atoms with Crippen molar-refractivity contribution >= 4 is 29.3 Å². The molecule has 4 heterocycles. The second-order valence-electron chi connectivity index (χ2n) is 8.73. The molecule has 0 saturated carbocycles. The quantitative estimate of drug-likeness (QED) is 0.526. The van der Waals surface area contributed by atoms with Crippen molar-refractivity contribution in [3.05, 3.63) is 47.4 Å². The summed E-state index contributed by atoms with van der Waals surface area (Å²) in [6.07, 6.45) is 5.74. The zero-order chi connectivity index (χ0) is 20.0. The number of fused-ring (bicyclic) bond motifs is 6. The molecule has 4 atom stereocenters. The van der Waals surface area contributed by atoms with Crippen LogP contribution in [0.4, 0.5) is 0 Å². The van der Waals surface area contributed by atoms with Gasteiger partial charge < -0.3 is 14.5 Å². The van der Waals surface area contributed by atoms with Crippen LogP contribution in [0.25, 0.3) is 10.9 Å². The molecule has 2 aromatic rings. The number of hydrogen-bond donors (Lipinski definition) is 1. The number of piperidine rings is 1. The highest BCUT2D eigenvalue weighted by atomic mass is 35.5. The number of hydrogen-bond acceptors (Lipinski definition) is 4. The number of nitrogens with one attached hydrogen (secondary N) is 1. The molecule has 3 aliphatic heterocycles. The molecule has 1 aromatic heterocycles. The molecule has 1 aromatic carbocycles. The number of para-hydroxylation sites is 1. The van der Waals surface area contributed by atoms with Crippen molar-refractivity contribution in [2.24, 2.45) is 11.8 Å². The number of esters is 1. The highest BCUT2D eigenvalue weighted by molar-refractivity contribution is 5.89. The van der Waals surface area contributed by atoms with Crippen LogP contribution in [0.1, 0.15) is 53.3 Å². The number of aromatic amines is 1. The van der Waals surface area contributed by atoms with E-state index in [1.165, 1.54) is 22.2 Å². The zero-order valence-electron chi connectivity index (χ0n) is 17.7. The lowest BCUT2D eigenvalue weighted by molar-refractivity contribution is -0.142. The van der Waals surface area contributed by atoms with Crippen molar-refractivity contribution in [3.63, 3.8) is 0 Å². The Balaban J connectivity index is 0.00000121. The predicted octanol–water partition coefficient (Wildman–Crippen LogP) is 5.26. The fraction of sp³-hybridized carbons (Fsp3) is 0.542. The number of carbonyl (C=O) groups is 1. The fourth-order valence-electron chi connectivity index (χ4n) is 5.46. The second-order valence-corrected chi connectivity index (χ2v) is 8.73. The highest BCUT2D eigenvalue weighted by Crippen LogP contribution is 2.47. The summed E-state index contributed by atoms with van der Waals surface area (Å²) < 4.78 is 11.4. The van der Waals surface area contributed by atoms with Crippen LogP contribution < -0.4 is 0 Å². The minimum Gasteiger partial charge on any atom is -0.497 e. The van der Waals surface area contributed by atoms with E-state index < -0.39 is 0 Å². The van der Waals surface area contributed by atoms with Gasteiger partial charge in [0, 0.05) is 44.4 Å². The first-order valence-electron chi connectivity index (χ1n) is 11.0. The van der Waals surface area contributed by atoms with Gasteiger partial charge in [0.1, 0.15) is 0 Å². The Hall–Kier alpha value is -1.98. The van der Waals surface area contributed by atoms with Crippen molar-refractivity contribution in [2.75, 3.05) is 19.7 Å². The third kappa shape index (κ3) is 3.52. The first-order valence-corrected chi connectivity index (χ1v) is 11.0. The molecule has 166 valence electrons. The van der Waals surface area contributed by atoms with Gasteiger partial charge in [-0.3, -0.25) is 4.90 Å². The van der Waals surface area contributed by atoms with Crippen molar-refractivity contribution in [3.8, 4) is 0 Å². The topological polar surface area (TPSA) is 54.6 Å². The van der Waals surface area contributed by atoms with E-state index in [0.29, 0.717) is 18.6 Å². The number of unbranched alkanes of at least 4 members (excludes halogenated alkanes) is 1. The zero-order valence-corrected chi connectivity index (χ0v) is 18.5. The number of nitrogens with zero attached hydrogens (tertiary/aromatic N) is 1. The maximum Gasteiger partial charge on any atom is 0.337 e. The highest BCUT2D eigenvalue weighted by Gasteiger charge is 2.47. The van der Waals surface area contributed by atoms with Crippen LogP contribution in [0, 0.1) is 11.8 Å². The molecule has 0 radical (unpaired) electrons. The molecule has 1 saturated heterocycles. The Morgan fingerprint density at radius 3 is 3.03 bits per heavy atom. The number of halogens is 1. The van der Waals surface area contributed by atoms with Gasteiger partial charge in [-0.1, -0.05) is 31.5 Å². The van der Waals surface area contributed by atoms with Crippen molar-refractivity contribution in [1.82, 2.24) is 9.88 Å². The third-order valence-corrected chi connectivity index (χ3v) is 7.09. The van der Waals surface area contributed by atoms with Crippen LogP contribution >= 0.6 is 12.4 Å². The molecule has 0 bridgehead atoms. The number of aromatic nitrogens is 1. The number of carbonyl (C=O) groups excluding carboxylic acids is 1. The molecule has 5 nitrogen and oxygen atoms in total. The Morgan fingerprint density at radius 1 is 1.37 bits per heavy atom. The first kappa shape index (κ1) is 21.3. The largest absolute Gasteiger partial charge is 0.497 e. The van der Waals surface area contributed by atoms with Crippen LogP contribution in [0.3, 0.4) is 0 Å². The van der Waals surface area contributed by atoms with Crippen LogP contribution in [-0.4, -0.2) is 41.7 Å². The lowest BCUT2D eigenvalue weighted by atomic mass is 9.72. The van der Waals surface area contributed by atoms with Crippen LogP contribution in [0.5, 0.6) is 0 Å². The maximum absolute atomic E-state index is 12.8. The summed E-state index contributed by atoms with van der Waals surface area (Å²) in [6.45, 7) is 6.75. The summed E-state index contributed by atoms with van der Waals surface area (Å²) in [7, 11) is 0. The van der Waals surface area contributed by atoms with Gasteiger partial charge in [-0.25, -0.2) is 4.79 Å². The minimum absolute atomic E-state index is 0. The lowest BCUT2D eigenvalue weighted by Crippen LogP contribution is -2.51. The van der Waals surface area contributed by atoms with Crippen LogP contribution in [0.2, 0.25) is 0 Å². The number of benzene rings is 1. The fourth-order valence-corrected chi connectivity index (χ4v) is 5.46. The van der Waals surface area contributed by atoms with E-state index in [4.69, 9.17) is 9.47 Å². The first-order chi connectivity index (χ1) is 14.2. The predicted molar refractivity (Wildman–Crippen MR) is 124 cm³/mol. The Bertz CT molecular complexity index is 964. The normalized spacial score (nSPS) is 27.7. The van der Waals surface area contributed by atoms with Crippen molar-refractivity contribution < 1.29 is 17.1 Å². The van der Waals surface area contributed by atoms with Gasteiger partial charge in [-0.15, -0.1) is 12.4 Å². The van der Waals surface area contributed by atoms with E-state index in [0.717, 1.165) is 44.3 Å². The number of rotatable bonds is 4. The van der Waals surface area contributed by atoms with Gasteiger partial charge in [0.05, 0.1) is 30.6 Å². The maximum atomic E-state index is 12.8. The molecular weight excluding hydrogens is 400 g/mol. The van der Waals surface area contributed by atoms with E-state index in [1.54, 1.807) is 6.26 Å². The Labute approximate surface area is 187 Å². The SMILES string of the molecule is CCCCOC(=O)C1=CO[C@@H](C)[C@H]2CN3CCc4c([nH]c5ccccc45)C3CC12.Cl.[HH].[HH]. The molecule has 30 heavy (non-hydrogen) atoms. The van der Waals surface area contributed by atoms with Gasteiger partial charge in [0.15, 0.2) is 0 Å².